The molecular weight excluding hydrogens is 288 g/mol. The van der Waals surface area contributed by atoms with Gasteiger partial charge in [-0.2, -0.15) is 0 Å². The molecule has 0 aliphatic heterocycles. The van der Waals surface area contributed by atoms with Crippen LogP contribution in [-0.2, 0) is 10.0 Å². The average Bonchev–Trinajstić information content (AvgIpc) is 2.37. The van der Waals surface area contributed by atoms with Gasteiger partial charge in [-0.05, 0) is 48.9 Å². The highest BCUT2D eigenvalue weighted by atomic mass is 32.2. The number of carbonyl (C=O) groups excluding carboxylic acids is 1. The Labute approximate surface area is 127 Å². The Hall–Kier alpha value is -1.40. The second-order valence-corrected chi connectivity index (χ2v) is 7.45. The van der Waals surface area contributed by atoms with Crippen molar-refractivity contribution in [1.29, 1.82) is 0 Å². The molecule has 1 amide bonds. The van der Waals surface area contributed by atoms with E-state index >= 15 is 0 Å². The molecule has 6 heteroatoms. The van der Waals surface area contributed by atoms with Gasteiger partial charge in [-0.3, -0.25) is 4.79 Å². The summed E-state index contributed by atoms with van der Waals surface area (Å²) in [7, 11) is -3.82. The van der Waals surface area contributed by atoms with Crippen LogP contribution >= 0.6 is 0 Å². The first-order valence-corrected chi connectivity index (χ1v) is 8.51. The van der Waals surface area contributed by atoms with Crippen LogP contribution in [0.1, 0.15) is 42.3 Å². The maximum atomic E-state index is 12.3. The molecule has 1 atom stereocenters. The van der Waals surface area contributed by atoms with E-state index in [9.17, 15) is 13.2 Å². The summed E-state index contributed by atoms with van der Waals surface area (Å²) in [4.78, 5) is 12.2. The van der Waals surface area contributed by atoms with E-state index < -0.39 is 10.0 Å². The first kappa shape index (κ1) is 17.7. The molecule has 0 bridgehead atoms. The van der Waals surface area contributed by atoms with Crippen molar-refractivity contribution in [3.05, 3.63) is 28.8 Å². The van der Waals surface area contributed by atoms with Gasteiger partial charge in [-0.25, -0.2) is 13.6 Å². The lowest BCUT2D eigenvalue weighted by Crippen LogP contribution is -2.31. The number of nitrogens with two attached hydrogens (primary N) is 1. The summed E-state index contributed by atoms with van der Waals surface area (Å²) in [5.41, 5.74) is 1.84. The number of amides is 1. The van der Waals surface area contributed by atoms with Gasteiger partial charge in [0.1, 0.15) is 0 Å². The molecule has 118 valence electrons. The molecule has 21 heavy (non-hydrogen) atoms. The third kappa shape index (κ3) is 4.54. The largest absolute Gasteiger partial charge is 0.352 e. The van der Waals surface area contributed by atoms with Gasteiger partial charge in [0, 0.05) is 12.1 Å². The molecule has 1 aromatic rings. The van der Waals surface area contributed by atoms with Gasteiger partial charge in [0.05, 0.1) is 4.90 Å². The van der Waals surface area contributed by atoms with Crippen molar-refractivity contribution in [2.24, 2.45) is 17.0 Å². The first-order chi connectivity index (χ1) is 9.54. The number of rotatable bonds is 5. The molecule has 1 unspecified atom stereocenters. The Kier molecular flexibility index (Phi) is 5.53. The molecule has 0 spiro atoms. The Balaban J connectivity index is 3.07. The molecule has 0 saturated carbocycles. The Morgan fingerprint density at radius 1 is 1.24 bits per heavy atom. The quantitative estimate of drug-likeness (QED) is 0.871. The highest BCUT2D eigenvalue weighted by Crippen LogP contribution is 2.19. The monoisotopic (exact) mass is 312 g/mol. The van der Waals surface area contributed by atoms with Gasteiger partial charge in [0.15, 0.2) is 0 Å². The molecule has 0 aromatic heterocycles. The van der Waals surface area contributed by atoms with Crippen molar-refractivity contribution < 1.29 is 13.2 Å². The standard InChI is InChI=1S/C15H24N2O3S/c1-9(2)11(4)8-17-15(18)14-7-13(21(16,19)20)6-10(3)12(14)5/h6-7,9,11H,8H2,1-5H3,(H,17,18)(H2,16,19,20). The third-order valence-electron chi connectivity index (χ3n) is 3.94. The molecular formula is C15H24N2O3S. The highest BCUT2D eigenvalue weighted by molar-refractivity contribution is 7.89. The van der Waals surface area contributed by atoms with Crippen LogP contribution in [0.2, 0.25) is 0 Å². The van der Waals surface area contributed by atoms with Crippen LogP contribution in [-0.4, -0.2) is 20.9 Å². The number of hydrogen-bond acceptors (Lipinski definition) is 3. The van der Waals surface area contributed by atoms with E-state index in [1.165, 1.54) is 12.1 Å². The summed E-state index contributed by atoms with van der Waals surface area (Å²) in [6, 6.07) is 2.82. The zero-order chi connectivity index (χ0) is 16.4. The van der Waals surface area contributed by atoms with Crippen molar-refractivity contribution in [1.82, 2.24) is 5.32 Å². The van der Waals surface area contributed by atoms with Gasteiger partial charge >= 0.3 is 0 Å². The molecule has 3 N–H and O–H groups in total. The fourth-order valence-corrected chi connectivity index (χ4v) is 2.43. The molecule has 0 saturated heterocycles. The second-order valence-electron chi connectivity index (χ2n) is 5.89. The van der Waals surface area contributed by atoms with E-state index in [-0.39, 0.29) is 10.8 Å². The van der Waals surface area contributed by atoms with Crippen LogP contribution in [0.15, 0.2) is 17.0 Å². The van der Waals surface area contributed by atoms with Crippen molar-refractivity contribution in [3.8, 4) is 0 Å². The fraction of sp³-hybridized carbons (Fsp3) is 0.533. The SMILES string of the molecule is Cc1cc(S(N)(=O)=O)cc(C(=O)NCC(C)C(C)C)c1C. The number of hydrogen-bond donors (Lipinski definition) is 2. The van der Waals surface area contributed by atoms with Crippen molar-refractivity contribution in [2.45, 2.75) is 39.5 Å². The van der Waals surface area contributed by atoms with Gasteiger partial charge in [-0.15, -0.1) is 0 Å². The molecule has 1 aromatic carbocycles. The predicted molar refractivity (Wildman–Crippen MR) is 83.6 cm³/mol. The number of primary sulfonamides is 1. The average molecular weight is 312 g/mol. The lowest BCUT2D eigenvalue weighted by Gasteiger charge is -2.17. The molecule has 0 fully saturated rings. The van der Waals surface area contributed by atoms with E-state index in [2.05, 4.69) is 26.1 Å². The summed E-state index contributed by atoms with van der Waals surface area (Å²) in [6.45, 7) is 10.3. The molecule has 0 heterocycles. The second kappa shape index (κ2) is 6.58. The number of sulfonamides is 1. The van der Waals surface area contributed by atoms with Gasteiger partial charge < -0.3 is 5.32 Å². The van der Waals surface area contributed by atoms with Gasteiger partial charge in [0.2, 0.25) is 10.0 Å². The Morgan fingerprint density at radius 2 is 1.81 bits per heavy atom. The summed E-state index contributed by atoms with van der Waals surface area (Å²) in [5.74, 6) is 0.536. The normalized spacial score (nSPS) is 13.3. The fourth-order valence-electron chi connectivity index (χ4n) is 1.81. The first-order valence-electron chi connectivity index (χ1n) is 6.96. The van der Waals surface area contributed by atoms with Crippen LogP contribution in [0, 0.1) is 25.7 Å². The minimum absolute atomic E-state index is 0.0346. The minimum Gasteiger partial charge on any atom is -0.352 e. The van der Waals surface area contributed by atoms with Crippen LogP contribution in [0.4, 0.5) is 0 Å². The smallest absolute Gasteiger partial charge is 0.251 e. The van der Waals surface area contributed by atoms with Gasteiger partial charge in [0.25, 0.3) is 5.91 Å². The third-order valence-corrected chi connectivity index (χ3v) is 4.83. The molecule has 0 radical (unpaired) electrons. The number of aryl methyl sites for hydroxylation is 1. The number of benzene rings is 1. The molecule has 5 nitrogen and oxygen atoms in total. The van der Waals surface area contributed by atoms with E-state index in [1.807, 2.05) is 0 Å². The van der Waals surface area contributed by atoms with Crippen molar-refractivity contribution in [3.63, 3.8) is 0 Å². The Bertz CT molecular complexity index is 637. The summed E-state index contributed by atoms with van der Waals surface area (Å²) < 4.78 is 22.9. The van der Waals surface area contributed by atoms with Crippen LogP contribution in [0.25, 0.3) is 0 Å². The number of carbonyl (C=O) groups is 1. The van der Waals surface area contributed by atoms with E-state index in [1.54, 1.807) is 13.8 Å². The summed E-state index contributed by atoms with van der Waals surface area (Å²) in [5, 5.41) is 8.00. The van der Waals surface area contributed by atoms with E-state index in [0.29, 0.717) is 23.9 Å². The molecule has 1 rings (SSSR count). The zero-order valence-corrected chi connectivity index (χ0v) is 14.0. The lowest BCUT2D eigenvalue weighted by molar-refractivity contribution is 0.0944. The number of nitrogens with one attached hydrogen (secondary N) is 1. The zero-order valence-electron chi connectivity index (χ0n) is 13.2. The maximum Gasteiger partial charge on any atom is 0.251 e. The minimum atomic E-state index is -3.82. The molecule has 0 aliphatic carbocycles. The van der Waals surface area contributed by atoms with Crippen molar-refractivity contribution in [2.75, 3.05) is 6.54 Å². The Morgan fingerprint density at radius 3 is 2.29 bits per heavy atom. The van der Waals surface area contributed by atoms with E-state index in [0.717, 1.165) is 11.1 Å². The summed E-state index contributed by atoms with van der Waals surface area (Å²) >= 11 is 0. The lowest BCUT2D eigenvalue weighted by atomic mass is 9.97. The maximum absolute atomic E-state index is 12.3. The van der Waals surface area contributed by atoms with Crippen LogP contribution in [0.5, 0.6) is 0 Å². The van der Waals surface area contributed by atoms with Gasteiger partial charge in [-0.1, -0.05) is 20.8 Å². The predicted octanol–water partition coefficient (Wildman–Crippen LogP) is 1.97. The van der Waals surface area contributed by atoms with Crippen LogP contribution < -0.4 is 10.5 Å². The van der Waals surface area contributed by atoms with Crippen LogP contribution in [0.3, 0.4) is 0 Å². The molecule has 0 aliphatic rings. The van der Waals surface area contributed by atoms with E-state index in [4.69, 9.17) is 5.14 Å². The topological polar surface area (TPSA) is 89.3 Å². The van der Waals surface area contributed by atoms with Crippen molar-refractivity contribution >= 4 is 15.9 Å². The highest BCUT2D eigenvalue weighted by Gasteiger charge is 2.17. The summed E-state index contributed by atoms with van der Waals surface area (Å²) in [6.07, 6.45) is 0.